The van der Waals surface area contributed by atoms with Gasteiger partial charge in [-0.2, -0.15) is 0 Å². The topological polar surface area (TPSA) is 12.9 Å². The minimum Gasteiger partial charge on any atom is -0.238 e. The minimum absolute atomic E-state index is 0.239. The highest BCUT2D eigenvalue weighted by Gasteiger charge is 2.15. The fourth-order valence-corrected chi connectivity index (χ4v) is 1.80. The van der Waals surface area contributed by atoms with Gasteiger partial charge in [0.15, 0.2) is 0 Å². The number of rotatable bonds is 1. The zero-order valence-corrected chi connectivity index (χ0v) is 9.99. The van der Waals surface area contributed by atoms with Crippen molar-refractivity contribution in [1.29, 1.82) is 0 Å². The van der Waals surface area contributed by atoms with E-state index in [-0.39, 0.29) is 10.2 Å². The molecule has 0 radical (unpaired) electrons. The first-order chi connectivity index (χ1) is 5.52. The molecule has 1 heterocycles. The molecule has 0 amide bonds. The Morgan fingerprint density at radius 2 is 2.17 bits per heavy atom. The molecule has 1 aromatic rings. The molecule has 0 aromatic carbocycles. The Balaban J connectivity index is 3.23. The third-order valence-corrected chi connectivity index (χ3v) is 3.18. The Morgan fingerprint density at radius 3 is 2.67 bits per heavy atom. The lowest BCUT2D eigenvalue weighted by atomic mass is 10.4. The van der Waals surface area contributed by atoms with Gasteiger partial charge in [0.05, 0.1) is 5.02 Å². The smallest absolute Gasteiger partial charge is 0.238 e. The van der Waals surface area contributed by atoms with E-state index >= 15 is 0 Å². The van der Waals surface area contributed by atoms with Crippen molar-refractivity contribution in [3.63, 3.8) is 0 Å². The molecule has 0 aliphatic heterocycles. The van der Waals surface area contributed by atoms with E-state index in [2.05, 4.69) is 20.9 Å². The van der Waals surface area contributed by atoms with E-state index in [4.69, 9.17) is 11.6 Å². The summed E-state index contributed by atoms with van der Waals surface area (Å²) in [5.74, 6) is 0. The van der Waals surface area contributed by atoms with Crippen LogP contribution in [0.3, 0.4) is 0 Å². The van der Waals surface area contributed by atoms with E-state index in [1.807, 2.05) is 0 Å². The monoisotopic (exact) mass is 367 g/mol. The number of hydrogen-bond acceptors (Lipinski definition) is 1. The Morgan fingerprint density at radius 1 is 1.58 bits per heavy atom. The second-order valence-corrected chi connectivity index (χ2v) is 4.21. The van der Waals surface area contributed by atoms with E-state index in [1.54, 1.807) is 22.6 Å². The zero-order valence-electron chi connectivity index (χ0n) is 5.49. The summed E-state index contributed by atoms with van der Waals surface area (Å²) < 4.78 is 25.0. The summed E-state index contributed by atoms with van der Waals surface area (Å²) in [4.78, 5) is 3.63. The van der Waals surface area contributed by atoms with Crippen LogP contribution < -0.4 is 0 Å². The average Bonchev–Trinajstić information content (AvgIpc) is 1.96. The van der Waals surface area contributed by atoms with Crippen molar-refractivity contribution in [2.45, 2.75) is 6.43 Å². The highest BCUT2D eigenvalue weighted by molar-refractivity contribution is 14.1. The molecule has 0 spiro atoms. The number of hydrogen-bond donors (Lipinski definition) is 0. The maximum absolute atomic E-state index is 12.2. The van der Waals surface area contributed by atoms with Crippen LogP contribution in [0.1, 0.15) is 12.1 Å². The summed E-state index contributed by atoms with van der Waals surface area (Å²) in [5.41, 5.74) is -0.274. The lowest BCUT2D eigenvalue weighted by Gasteiger charge is -2.03. The van der Waals surface area contributed by atoms with Crippen LogP contribution in [0.25, 0.3) is 0 Å². The molecule has 6 heteroatoms. The third kappa shape index (κ3) is 2.26. The van der Waals surface area contributed by atoms with Gasteiger partial charge in [-0.15, -0.1) is 0 Å². The van der Waals surface area contributed by atoms with Crippen LogP contribution in [-0.4, -0.2) is 4.98 Å². The van der Waals surface area contributed by atoms with Gasteiger partial charge >= 0.3 is 0 Å². The van der Waals surface area contributed by atoms with E-state index in [0.717, 1.165) is 0 Å². The van der Waals surface area contributed by atoms with Crippen LogP contribution in [0.5, 0.6) is 0 Å². The number of nitrogens with zero attached hydrogens (tertiary/aromatic N) is 1. The van der Waals surface area contributed by atoms with Crippen LogP contribution in [0.15, 0.2) is 10.5 Å². The molecule has 0 unspecified atom stereocenters. The summed E-state index contributed by atoms with van der Waals surface area (Å²) in [6, 6.07) is 1.41. The zero-order chi connectivity index (χ0) is 9.30. The molecule has 0 fully saturated rings. The highest BCUT2D eigenvalue weighted by atomic mass is 127. The second kappa shape index (κ2) is 4.15. The van der Waals surface area contributed by atoms with Gasteiger partial charge in [0.25, 0.3) is 6.43 Å². The molecule has 0 atom stereocenters. The molecule has 0 saturated heterocycles. The van der Waals surface area contributed by atoms with Gasteiger partial charge in [0, 0.05) is 4.47 Å². The molecule has 0 aliphatic rings. The van der Waals surface area contributed by atoms with Crippen molar-refractivity contribution in [3.05, 3.63) is 25.0 Å². The Labute approximate surface area is 94.8 Å². The number of alkyl halides is 2. The second-order valence-electron chi connectivity index (χ2n) is 1.93. The van der Waals surface area contributed by atoms with Gasteiger partial charge in [0.2, 0.25) is 0 Å². The predicted octanol–water partition coefficient (Wildman–Crippen LogP) is 4.04. The van der Waals surface area contributed by atoms with Crippen molar-refractivity contribution >= 4 is 50.1 Å². The lowest BCUT2D eigenvalue weighted by molar-refractivity contribution is 0.145. The van der Waals surface area contributed by atoms with Gasteiger partial charge in [-0.1, -0.05) is 11.6 Å². The molecular formula is C6H2BrClF2IN. The molecule has 1 aromatic heterocycles. The summed E-state index contributed by atoms with van der Waals surface area (Å²) in [6.45, 7) is 0. The van der Waals surface area contributed by atoms with Crippen LogP contribution in [0, 0.1) is 3.70 Å². The number of aromatic nitrogens is 1. The summed E-state index contributed by atoms with van der Waals surface area (Å²) in [5, 5.41) is 0.367. The third-order valence-electron chi connectivity index (χ3n) is 1.12. The minimum atomic E-state index is -2.58. The molecule has 0 N–H and O–H groups in total. The quantitative estimate of drug-likeness (QED) is 0.539. The first kappa shape index (κ1) is 10.6. The standard InChI is InChI=1S/C6H2BrClF2IN/c7-2-1-3(8)6(11)12-4(2)5(9)10/h1,5H. The fourth-order valence-electron chi connectivity index (χ4n) is 0.610. The first-order valence-electron chi connectivity index (χ1n) is 2.82. The largest absolute Gasteiger partial charge is 0.281 e. The van der Waals surface area contributed by atoms with Crippen LogP contribution >= 0.6 is 50.1 Å². The highest BCUT2D eigenvalue weighted by Crippen LogP contribution is 2.29. The molecule has 66 valence electrons. The normalized spacial score (nSPS) is 10.8. The molecular weight excluding hydrogens is 366 g/mol. The van der Waals surface area contributed by atoms with Gasteiger partial charge in [-0.05, 0) is 44.6 Å². The summed E-state index contributed by atoms with van der Waals surface area (Å²) in [6.07, 6.45) is -2.58. The van der Waals surface area contributed by atoms with Crippen molar-refractivity contribution in [2.24, 2.45) is 0 Å². The fraction of sp³-hybridized carbons (Fsp3) is 0.167. The molecule has 12 heavy (non-hydrogen) atoms. The first-order valence-corrected chi connectivity index (χ1v) is 5.07. The Bertz CT molecular complexity index is 308. The van der Waals surface area contributed by atoms with E-state index in [1.165, 1.54) is 6.07 Å². The van der Waals surface area contributed by atoms with Gasteiger partial charge in [-0.25, -0.2) is 13.8 Å². The molecule has 1 rings (SSSR count). The van der Waals surface area contributed by atoms with Crippen molar-refractivity contribution in [2.75, 3.05) is 0 Å². The summed E-state index contributed by atoms with van der Waals surface area (Å²) in [7, 11) is 0. The van der Waals surface area contributed by atoms with E-state index < -0.39 is 6.43 Å². The predicted molar refractivity (Wildman–Crippen MR) is 54.6 cm³/mol. The molecule has 1 nitrogen and oxygen atoms in total. The van der Waals surface area contributed by atoms with Gasteiger partial charge in [0.1, 0.15) is 9.39 Å². The van der Waals surface area contributed by atoms with Crippen molar-refractivity contribution in [1.82, 2.24) is 4.98 Å². The SMILES string of the molecule is FC(F)c1nc(I)c(Cl)cc1Br. The van der Waals surface area contributed by atoms with Crippen molar-refractivity contribution in [3.8, 4) is 0 Å². The lowest BCUT2D eigenvalue weighted by Crippen LogP contribution is -1.94. The maximum Gasteiger partial charge on any atom is 0.281 e. The van der Waals surface area contributed by atoms with Gasteiger partial charge in [-0.3, -0.25) is 0 Å². The molecule has 0 saturated carbocycles. The number of halogens is 5. The van der Waals surface area contributed by atoms with Crippen LogP contribution in [0.2, 0.25) is 5.02 Å². The summed E-state index contributed by atoms with van der Waals surface area (Å²) >= 11 is 10.4. The van der Waals surface area contributed by atoms with E-state index in [9.17, 15) is 8.78 Å². The maximum atomic E-state index is 12.2. The van der Waals surface area contributed by atoms with Crippen LogP contribution in [0.4, 0.5) is 8.78 Å². The van der Waals surface area contributed by atoms with Gasteiger partial charge < -0.3 is 0 Å². The molecule has 0 aliphatic carbocycles. The average molecular weight is 368 g/mol. The number of pyridine rings is 1. The Kier molecular flexibility index (Phi) is 3.66. The van der Waals surface area contributed by atoms with Crippen LogP contribution in [-0.2, 0) is 0 Å². The molecule has 0 bridgehead atoms. The Hall–Kier alpha value is 0.510. The van der Waals surface area contributed by atoms with Crippen molar-refractivity contribution < 1.29 is 8.78 Å². The van der Waals surface area contributed by atoms with E-state index in [0.29, 0.717) is 8.72 Å².